The Hall–Kier alpha value is -2.60. The number of rotatable bonds is 7. The van der Waals surface area contributed by atoms with Gasteiger partial charge in [-0.3, -0.25) is 0 Å². The van der Waals surface area contributed by atoms with Gasteiger partial charge in [-0.1, -0.05) is 29.8 Å². The highest BCUT2D eigenvalue weighted by molar-refractivity contribution is 5.73. The van der Waals surface area contributed by atoms with Crippen LogP contribution in [-0.2, 0) is 6.54 Å². The molecule has 0 aliphatic heterocycles. The van der Waals surface area contributed by atoms with E-state index in [0.29, 0.717) is 12.3 Å². The average Bonchev–Trinajstić information content (AvgIpc) is 2.57. The molecule has 0 spiro atoms. The summed E-state index contributed by atoms with van der Waals surface area (Å²) in [5.41, 5.74) is 2.13. The summed E-state index contributed by atoms with van der Waals surface area (Å²) in [5, 5.41) is 15.1. The lowest BCUT2D eigenvalue weighted by Gasteiger charge is -2.14. The predicted molar refractivity (Wildman–Crippen MR) is 89.3 cm³/mol. The largest absolute Gasteiger partial charge is 0.491 e. The van der Waals surface area contributed by atoms with Crippen molar-refractivity contribution in [2.24, 2.45) is 0 Å². The van der Waals surface area contributed by atoms with Crippen molar-refractivity contribution in [3.63, 3.8) is 0 Å². The molecule has 1 unspecified atom stereocenters. The van der Waals surface area contributed by atoms with Gasteiger partial charge in [0.25, 0.3) is 0 Å². The number of urea groups is 1. The third-order valence-corrected chi connectivity index (χ3v) is 3.29. The first kappa shape index (κ1) is 17.7. The minimum absolute atomic E-state index is 0.00376. The average molecular weight is 332 g/mol. The zero-order chi connectivity index (χ0) is 17.4. The first-order valence-electron chi connectivity index (χ1n) is 7.66. The summed E-state index contributed by atoms with van der Waals surface area (Å²) in [6.45, 7) is 2.46. The van der Waals surface area contributed by atoms with Gasteiger partial charge in [0.2, 0.25) is 0 Å². The van der Waals surface area contributed by atoms with Crippen LogP contribution in [0.2, 0.25) is 0 Å². The van der Waals surface area contributed by atoms with Gasteiger partial charge in [0.05, 0.1) is 0 Å². The molecule has 2 aromatic rings. The van der Waals surface area contributed by atoms with Gasteiger partial charge >= 0.3 is 6.03 Å². The van der Waals surface area contributed by atoms with Crippen molar-refractivity contribution in [1.29, 1.82) is 0 Å². The van der Waals surface area contributed by atoms with Crippen LogP contribution in [0, 0.1) is 12.7 Å². The van der Waals surface area contributed by atoms with E-state index in [1.807, 2.05) is 31.2 Å². The Morgan fingerprint density at radius 3 is 2.67 bits per heavy atom. The molecular weight excluding hydrogens is 311 g/mol. The van der Waals surface area contributed by atoms with Gasteiger partial charge in [-0.15, -0.1) is 0 Å². The lowest BCUT2D eigenvalue weighted by Crippen LogP contribution is -2.41. The van der Waals surface area contributed by atoms with Crippen LogP contribution in [0.5, 0.6) is 5.75 Å². The molecule has 24 heavy (non-hydrogen) atoms. The number of carbonyl (C=O) groups excluding carboxylic acids is 1. The Balaban J connectivity index is 1.64. The summed E-state index contributed by atoms with van der Waals surface area (Å²) in [6.07, 6.45) is -0.861. The van der Waals surface area contributed by atoms with Crippen molar-refractivity contribution in [3.8, 4) is 5.75 Å². The minimum Gasteiger partial charge on any atom is -0.491 e. The topological polar surface area (TPSA) is 70.6 Å². The molecule has 128 valence electrons. The molecule has 2 rings (SSSR count). The van der Waals surface area contributed by atoms with E-state index in [1.54, 1.807) is 0 Å². The quantitative estimate of drug-likeness (QED) is 0.729. The smallest absolute Gasteiger partial charge is 0.315 e. The molecule has 0 radical (unpaired) electrons. The number of amides is 2. The molecule has 0 saturated heterocycles. The fourth-order valence-electron chi connectivity index (χ4n) is 2.06. The fourth-order valence-corrected chi connectivity index (χ4v) is 2.06. The van der Waals surface area contributed by atoms with Crippen molar-refractivity contribution in [2.45, 2.75) is 19.6 Å². The molecule has 2 amide bonds. The Kier molecular flexibility index (Phi) is 6.57. The van der Waals surface area contributed by atoms with Gasteiger partial charge in [0.15, 0.2) is 0 Å². The molecular formula is C18H21FN2O3. The number of ether oxygens (including phenoxy) is 1. The van der Waals surface area contributed by atoms with Crippen LogP contribution in [0.1, 0.15) is 11.1 Å². The van der Waals surface area contributed by atoms with Gasteiger partial charge in [-0.05, 0) is 36.8 Å². The lowest BCUT2D eigenvalue weighted by molar-refractivity contribution is 0.108. The van der Waals surface area contributed by atoms with Crippen LogP contribution in [0.3, 0.4) is 0 Å². The van der Waals surface area contributed by atoms with Crippen LogP contribution < -0.4 is 15.4 Å². The van der Waals surface area contributed by atoms with E-state index in [-0.39, 0.29) is 25.0 Å². The third kappa shape index (κ3) is 6.26. The lowest BCUT2D eigenvalue weighted by atomic mass is 10.1. The summed E-state index contributed by atoms with van der Waals surface area (Å²) >= 11 is 0. The number of benzene rings is 2. The molecule has 2 aromatic carbocycles. The number of aliphatic hydroxyl groups is 1. The van der Waals surface area contributed by atoms with Crippen molar-refractivity contribution in [2.75, 3.05) is 13.2 Å². The number of aryl methyl sites for hydroxylation is 1. The molecule has 3 N–H and O–H groups in total. The van der Waals surface area contributed by atoms with Crippen LogP contribution in [0.25, 0.3) is 0 Å². The van der Waals surface area contributed by atoms with Crippen LogP contribution in [0.15, 0.2) is 48.5 Å². The molecule has 6 heteroatoms. The summed E-state index contributed by atoms with van der Waals surface area (Å²) in [7, 11) is 0. The first-order chi connectivity index (χ1) is 11.5. The number of halogens is 1. The normalized spacial score (nSPS) is 11.6. The highest BCUT2D eigenvalue weighted by Gasteiger charge is 2.08. The zero-order valence-electron chi connectivity index (χ0n) is 13.5. The van der Waals surface area contributed by atoms with Crippen molar-refractivity contribution >= 4 is 6.03 Å². The highest BCUT2D eigenvalue weighted by Crippen LogP contribution is 2.11. The van der Waals surface area contributed by atoms with Crippen LogP contribution >= 0.6 is 0 Å². The van der Waals surface area contributed by atoms with E-state index in [4.69, 9.17) is 4.74 Å². The van der Waals surface area contributed by atoms with Gasteiger partial charge in [-0.2, -0.15) is 0 Å². The molecule has 0 fully saturated rings. The number of hydrogen-bond acceptors (Lipinski definition) is 3. The second kappa shape index (κ2) is 8.88. The number of carbonyl (C=O) groups is 1. The van der Waals surface area contributed by atoms with Crippen LogP contribution in [0.4, 0.5) is 9.18 Å². The maximum atomic E-state index is 12.8. The van der Waals surface area contributed by atoms with E-state index in [1.165, 1.54) is 24.3 Å². The van der Waals surface area contributed by atoms with Crippen LogP contribution in [-0.4, -0.2) is 30.4 Å². The molecule has 0 heterocycles. The summed E-state index contributed by atoms with van der Waals surface area (Å²) in [4.78, 5) is 11.7. The molecule has 5 nitrogen and oxygen atoms in total. The summed E-state index contributed by atoms with van der Waals surface area (Å²) in [6, 6.07) is 13.0. The predicted octanol–water partition coefficient (Wildman–Crippen LogP) is 2.37. The number of aliphatic hydroxyl groups excluding tert-OH is 1. The highest BCUT2D eigenvalue weighted by atomic mass is 19.1. The Labute approximate surface area is 140 Å². The van der Waals surface area contributed by atoms with Gasteiger partial charge in [0, 0.05) is 13.1 Å². The number of hydrogen-bond donors (Lipinski definition) is 3. The fraction of sp³-hybridized carbons (Fsp3) is 0.278. The zero-order valence-corrected chi connectivity index (χ0v) is 13.5. The second-order valence-corrected chi connectivity index (χ2v) is 5.47. The summed E-state index contributed by atoms with van der Waals surface area (Å²) in [5.74, 6) is 0.106. The van der Waals surface area contributed by atoms with E-state index >= 15 is 0 Å². The van der Waals surface area contributed by atoms with E-state index in [9.17, 15) is 14.3 Å². The molecule has 0 aromatic heterocycles. The Morgan fingerprint density at radius 1 is 1.21 bits per heavy atom. The van der Waals surface area contributed by atoms with Gasteiger partial charge in [-0.25, -0.2) is 9.18 Å². The Morgan fingerprint density at radius 2 is 1.96 bits per heavy atom. The number of nitrogens with one attached hydrogen (secondary N) is 2. The molecule has 0 saturated carbocycles. The SMILES string of the molecule is Cc1cccc(CNC(=O)NCC(O)COc2ccc(F)cc2)c1. The molecule has 0 aliphatic carbocycles. The molecule has 0 aliphatic rings. The van der Waals surface area contributed by atoms with E-state index < -0.39 is 6.10 Å². The van der Waals surface area contributed by atoms with E-state index in [2.05, 4.69) is 10.6 Å². The Bertz CT molecular complexity index is 662. The standard InChI is InChI=1S/C18H21FN2O3/c1-13-3-2-4-14(9-13)10-20-18(23)21-11-16(22)12-24-17-7-5-15(19)6-8-17/h2-9,16,22H,10-12H2,1H3,(H2,20,21,23). The van der Waals surface area contributed by atoms with Gasteiger partial charge < -0.3 is 20.5 Å². The third-order valence-electron chi connectivity index (χ3n) is 3.29. The van der Waals surface area contributed by atoms with Crippen molar-refractivity contribution in [1.82, 2.24) is 10.6 Å². The summed E-state index contributed by atoms with van der Waals surface area (Å²) < 4.78 is 18.1. The maximum absolute atomic E-state index is 12.8. The molecule has 0 bridgehead atoms. The second-order valence-electron chi connectivity index (χ2n) is 5.47. The van der Waals surface area contributed by atoms with Crippen molar-refractivity contribution in [3.05, 3.63) is 65.5 Å². The molecule has 1 atom stereocenters. The monoisotopic (exact) mass is 332 g/mol. The van der Waals surface area contributed by atoms with Gasteiger partial charge in [0.1, 0.15) is 24.3 Å². The maximum Gasteiger partial charge on any atom is 0.315 e. The minimum atomic E-state index is -0.861. The van der Waals surface area contributed by atoms with E-state index in [0.717, 1.165) is 11.1 Å². The first-order valence-corrected chi connectivity index (χ1v) is 7.66. The van der Waals surface area contributed by atoms with Crippen molar-refractivity contribution < 1.29 is 19.0 Å².